The zero-order valence-electron chi connectivity index (χ0n) is 7.74. The molecule has 70 valence electrons. The van der Waals surface area contributed by atoms with Crippen LogP contribution < -0.4 is 11.5 Å². The summed E-state index contributed by atoms with van der Waals surface area (Å²) in [5.41, 5.74) is 10.3. The molecule has 0 heterocycles. The van der Waals surface area contributed by atoms with Crippen LogP contribution in [0.1, 0.15) is 13.8 Å². The smallest absolute Gasteiger partial charge is 0.246 e. The summed E-state index contributed by atoms with van der Waals surface area (Å²) in [4.78, 5) is 16.6. The maximum Gasteiger partial charge on any atom is 0.246 e. The van der Waals surface area contributed by atoms with Crippen LogP contribution in [0.4, 0.5) is 0 Å². The molecule has 0 radical (unpaired) electrons. The molecule has 0 fully saturated rings. The van der Waals surface area contributed by atoms with Gasteiger partial charge in [-0.3, -0.25) is 4.79 Å². The molecule has 0 saturated heterocycles. The monoisotopic (exact) mass is 172 g/mol. The first-order valence-electron chi connectivity index (χ1n) is 3.82. The van der Waals surface area contributed by atoms with Crippen LogP contribution in [0.5, 0.6) is 0 Å². The Bertz CT molecular complexity index is 186. The predicted molar refractivity (Wildman–Crippen MR) is 48.6 cm³/mol. The Morgan fingerprint density at radius 2 is 2.08 bits per heavy atom. The van der Waals surface area contributed by atoms with E-state index < -0.39 is 6.04 Å². The second kappa shape index (κ2) is 4.58. The highest BCUT2D eigenvalue weighted by atomic mass is 16.2. The van der Waals surface area contributed by atoms with Gasteiger partial charge < -0.3 is 16.4 Å². The van der Waals surface area contributed by atoms with Gasteiger partial charge in [0, 0.05) is 13.6 Å². The Morgan fingerprint density at radius 1 is 1.58 bits per heavy atom. The molecule has 1 atom stereocenters. The molecule has 0 aliphatic carbocycles. The molecule has 0 rings (SSSR count). The third kappa shape index (κ3) is 3.23. The summed E-state index contributed by atoms with van der Waals surface area (Å²) in [6.45, 7) is 4.21. The fourth-order valence-corrected chi connectivity index (χ4v) is 0.754. The maximum absolute atomic E-state index is 11.3. The van der Waals surface area contributed by atoms with Crippen LogP contribution in [0.25, 0.3) is 0 Å². The van der Waals surface area contributed by atoms with E-state index in [4.69, 9.17) is 11.5 Å². The number of nitrogens with zero attached hydrogens (tertiary/aromatic N) is 2. The molecule has 5 heteroatoms. The van der Waals surface area contributed by atoms with E-state index in [1.807, 2.05) is 6.92 Å². The van der Waals surface area contributed by atoms with Crippen molar-refractivity contribution < 1.29 is 4.79 Å². The summed E-state index contributed by atoms with van der Waals surface area (Å²) in [6, 6.07) is -0.486. The van der Waals surface area contributed by atoms with Crippen molar-refractivity contribution in [2.45, 2.75) is 19.9 Å². The summed E-state index contributed by atoms with van der Waals surface area (Å²) >= 11 is 0. The Labute approximate surface area is 72.4 Å². The standard InChI is InChI=1S/C7H16N4O/c1-4-11(3)6(12)5(2)10-7(8)9/h5H,4H2,1-3H3,(H4,8,9,10). The number of hydrogen-bond donors (Lipinski definition) is 2. The second-order valence-electron chi connectivity index (χ2n) is 2.58. The van der Waals surface area contributed by atoms with Crippen molar-refractivity contribution in [3.8, 4) is 0 Å². The number of nitrogens with two attached hydrogens (primary N) is 2. The van der Waals surface area contributed by atoms with Gasteiger partial charge in [0.1, 0.15) is 6.04 Å². The lowest BCUT2D eigenvalue weighted by molar-refractivity contribution is -0.130. The molecule has 5 nitrogen and oxygen atoms in total. The Morgan fingerprint density at radius 3 is 2.42 bits per heavy atom. The highest BCUT2D eigenvalue weighted by Gasteiger charge is 2.14. The number of carbonyl (C=O) groups is 1. The fraction of sp³-hybridized carbons (Fsp3) is 0.714. The van der Waals surface area contributed by atoms with Crippen LogP contribution in [-0.4, -0.2) is 36.4 Å². The molecule has 12 heavy (non-hydrogen) atoms. The molecule has 1 amide bonds. The summed E-state index contributed by atoms with van der Waals surface area (Å²) in [5, 5.41) is 0. The van der Waals surface area contributed by atoms with Crippen molar-refractivity contribution in [1.82, 2.24) is 4.90 Å². The quantitative estimate of drug-likeness (QED) is 0.428. The maximum atomic E-state index is 11.3. The minimum atomic E-state index is -0.486. The van der Waals surface area contributed by atoms with E-state index >= 15 is 0 Å². The molecule has 4 N–H and O–H groups in total. The Balaban J connectivity index is 4.20. The average Bonchev–Trinajstić information content (AvgIpc) is 2.00. The Hall–Kier alpha value is -1.26. The lowest BCUT2D eigenvalue weighted by atomic mass is 10.3. The number of rotatable bonds is 3. The highest BCUT2D eigenvalue weighted by molar-refractivity contribution is 5.85. The zero-order valence-corrected chi connectivity index (χ0v) is 7.74. The van der Waals surface area contributed by atoms with Crippen LogP contribution in [0.3, 0.4) is 0 Å². The van der Waals surface area contributed by atoms with Gasteiger partial charge in [0.25, 0.3) is 0 Å². The Kier molecular flexibility index (Phi) is 4.10. The first-order chi connectivity index (χ1) is 5.49. The van der Waals surface area contributed by atoms with Gasteiger partial charge in [0.05, 0.1) is 0 Å². The van der Waals surface area contributed by atoms with Crippen LogP contribution in [0, 0.1) is 0 Å². The van der Waals surface area contributed by atoms with Crippen LogP contribution >= 0.6 is 0 Å². The van der Waals surface area contributed by atoms with Gasteiger partial charge in [-0.05, 0) is 13.8 Å². The van der Waals surface area contributed by atoms with Crippen LogP contribution in [0.2, 0.25) is 0 Å². The molecule has 0 aromatic rings. The summed E-state index contributed by atoms with van der Waals surface area (Å²) < 4.78 is 0. The van der Waals surface area contributed by atoms with Gasteiger partial charge in [-0.2, -0.15) is 0 Å². The van der Waals surface area contributed by atoms with Gasteiger partial charge in [-0.1, -0.05) is 0 Å². The number of likely N-dealkylation sites (N-methyl/N-ethyl adjacent to an activating group) is 1. The number of hydrogen-bond acceptors (Lipinski definition) is 2. The predicted octanol–water partition coefficient (Wildman–Crippen LogP) is -0.873. The van der Waals surface area contributed by atoms with Gasteiger partial charge in [0.15, 0.2) is 5.96 Å². The van der Waals surface area contributed by atoms with E-state index in [2.05, 4.69) is 4.99 Å². The highest BCUT2D eigenvalue weighted by Crippen LogP contribution is 1.95. The molecule has 0 spiro atoms. The average molecular weight is 172 g/mol. The largest absolute Gasteiger partial charge is 0.370 e. The van der Waals surface area contributed by atoms with Crippen LogP contribution in [0.15, 0.2) is 4.99 Å². The van der Waals surface area contributed by atoms with E-state index in [9.17, 15) is 4.79 Å². The van der Waals surface area contributed by atoms with Crippen molar-refractivity contribution in [3.63, 3.8) is 0 Å². The van der Waals surface area contributed by atoms with Gasteiger partial charge >= 0.3 is 0 Å². The van der Waals surface area contributed by atoms with E-state index in [-0.39, 0.29) is 11.9 Å². The van der Waals surface area contributed by atoms with E-state index in [0.717, 1.165) is 0 Å². The van der Waals surface area contributed by atoms with Crippen molar-refractivity contribution in [3.05, 3.63) is 0 Å². The van der Waals surface area contributed by atoms with Gasteiger partial charge in [-0.15, -0.1) is 0 Å². The van der Waals surface area contributed by atoms with Crippen LogP contribution in [-0.2, 0) is 4.79 Å². The first kappa shape index (κ1) is 10.7. The van der Waals surface area contributed by atoms with Gasteiger partial charge in [0.2, 0.25) is 5.91 Å². The fourth-order valence-electron chi connectivity index (χ4n) is 0.754. The first-order valence-corrected chi connectivity index (χ1v) is 3.82. The number of aliphatic imine (C=N–C) groups is 1. The summed E-state index contributed by atoms with van der Waals surface area (Å²) in [7, 11) is 1.71. The molecule has 0 aliphatic heterocycles. The third-order valence-electron chi connectivity index (χ3n) is 1.55. The molecule has 0 aliphatic rings. The summed E-state index contributed by atoms with van der Waals surface area (Å²) in [6.07, 6.45) is 0. The van der Waals surface area contributed by atoms with Crippen molar-refractivity contribution >= 4 is 11.9 Å². The normalized spacial score (nSPS) is 11.9. The van der Waals surface area contributed by atoms with Crippen molar-refractivity contribution in [2.75, 3.05) is 13.6 Å². The zero-order chi connectivity index (χ0) is 9.72. The topological polar surface area (TPSA) is 84.7 Å². The minimum absolute atomic E-state index is 0.0552. The third-order valence-corrected chi connectivity index (χ3v) is 1.55. The number of amides is 1. The molecule has 0 aromatic carbocycles. The lowest BCUT2D eigenvalue weighted by Crippen LogP contribution is -2.36. The molecule has 0 aromatic heterocycles. The molecule has 0 saturated carbocycles. The van der Waals surface area contributed by atoms with Gasteiger partial charge in [-0.25, -0.2) is 4.99 Å². The minimum Gasteiger partial charge on any atom is -0.370 e. The van der Waals surface area contributed by atoms with E-state index in [1.165, 1.54) is 0 Å². The number of carbonyl (C=O) groups excluding carboxylic acids is 1. The number of guanidine groups is 1. The lowest BCUT2D eigenvalue weighted by Gasteiger charge is -2.16. The van der Waals surface area contributed by atoms with Crippen molar-refractivity contribution in [1.29, 1.82) is 0 Å². The van der Waals surface area contributed by atoms with E-state index in [1.54, 1.807) is 18.9 Å². The molecule has 1 unspecified atom stereocenters. The molecular formula is C7H16N4O. The SMILES string of the molecule is CCN(C)C(=O)C(C)N=C(N)N. The van der Waals surface area contributed by atoms with Crippen molar-refractivity contribution in [2.24, 2.45) is 16.5 Å². The molecular weight excluding hydrogens is 156 g/mol. The summed E-state index contributed by atoms with van der Waals surface area (Å²) in [5.74, 6) is -0.133. The van der Waals surface area contributed by atoms with E-state index in [0.29, 0.717) is 6.54 Å². The second-order valence-corrected chi connectivity index (χ2v) is 2.58. The molecule has 0 bridgehead atoms.